The van der Waals surface area contributed by atoms with E-state index in [1.807, 2.05) is 14.0 Å². The number of halogens is 1. The van der Waals surface area contributed by atoms with Crippen LogP contribution in [0.15, 0.2) is 0 Å². The van der Waals surface area contributed by atoms with Gasteiger partial charge in [0, 0.05) is 5.38 Å². The summed E-state index contributed by atoms with van der Waals surface area (Å²) < 4.78 is 0. The topological polar surface area (TPSA) is 12.0 Å². The van der Waals surface area contributed by atoms with Gasteiger partial charge in [-0.25, -0.2) is 0 Å². The summed E-state index contributed by atoms with van der Waals surface area (Å²) in [5, 5.41) is 3.33. The van der Waals surface area contributed by atoms with Gasteiger partial charge in [0.2, 0.25) is 0 Å². The fourth-order valence-electron chi connectivity index (χ4n) is 0.343. The van der Waals surface area contributed by atoms with E-state index in [0.29, 0.717) is 5.38 Å². The summed E-state index contributed by atoms with van der Waals surface area (Å²) >= 11 is 5.62. The molecular formula is C5H12ClN. The lowest BCUT2D eigenvalue weighted by Crippen LogP contribution is -2.10. The Kier molecular flexibility index (Phi) is 4.57. The molecule has 0 amide bonds. The van der Waals surface area contributed by atoms with E-state index in [-0.39, 0.29) is 0 Å². The fourth-order valence-corrected chi connectivity index (χ4v) is 0.452. The van der Waals surface area contributed by atoms with E-state index in [0.717, 1.165) is 13.0 Å². The summed E-state index contributed by atoms with van der Waals surface area (Å²) in [5.74, 6) is 0. The van der Waals surface area contributed by atoms with Crippen LogP contribution in [0, 0.1) is 0 Å². The summed E-state index contributed by atoms with van der Waals surface area (Å²) in [6.07, 6.45) is 1.05. The van der Waals surface area contributed by atoms with E-state index in [2.05, 4.69) is 5.32 Å². The molecule has 0 spiro atoms. The molecule has 0 fully saturated rings. The highest BCUT2D eigenvalue weighted by atomic mass is 35.5. The Hall–Kier alpha value is 0.250. The lowest BCUT2D eigenvalue weighted by Gasteiger charge is -1.98. The predicted molar refractivity (Wildman–Crippen MR) is 33.9 cm³/mol. The molecule has 1 N–H and O–H groups in total. The van der Waals surface area contributed by atoms with Gasteiger partial charge in [0.25, 0.3) is 0 Å². The van der Waals surface area contributed by atoms with Crippen molar-refractivity contribution in [1.82, 2.24) is 5.32 Å². The second-order valence-electron chi connectivity index (χ2n) is 1.67. The molecular weight excluding hydrogens is 110 g/mol. The van der Waals surface area contributed by atoms with Gasteiger partial charge in [0.05, 0.1) is 0 Å². The molecule has 0 aromatic rings. The second-order valence-corrected chi connectivity index (χ2v) is 2.42. The highest BCUT2D eigenvalue weighted by molar-refractivity contribution is 6.20. The van der Waals surface area contributed by atoms with Crippen LogP contribution in [-0.2, 0) is 0 Å². The normalized spacial score (nSPS) is 14.1. The zero-order valence-electron chi connectivity index (χ0n) is 4.87. The van der Waals surface area contributed by atoms with Crippen LogP contribution in [0.3, 0.4) is 0 Å². The maximum Gasteiger partial charge on any atom is 0.0319 e. The van der Waals surface area contributed by atoms with Crippen molar-refractivity contribution in [2.75, 3.05) is 13.6 Å². The van der Waals surface area contributed by atoms with E-state index in [1.54, 1.807) is 0 Å². The van der Waals surface area contributed by atoms with E-state index in [1.165, 1.54) is 0 Å². The molecule has 1 atom stereocenters. The Bertz CT molecular complexity index is 37.1. The molecule has 0 aliphatic carbocycles. The van der Waals surface area contributed by atoms with Crippen LogP contribution in [-0.4, -0.2) is 19.0 Å². The van der Waals surface area contributed by atoms with Gasteiger partial charge in [-0.2, -0.15) is 0 Å². The largest absolute Gasteiger partial charge is 0.320 e. The minimum absolute atomic E-state index is 0.312. The van der Waals surface area contributed by atoms with E-state index < -0.39 is 0 Å². The SMILES string of the molecule is CNCCC(C)Cl. The minimum Gasteiger partial charge on any atom is -0.320 e. The maximum absolute atomic E-state index is 5.62. The molecule has 0 radical (unpaired) electrons. The van der Waals surface area contributed by atoms with Crippen molar-refractivity contribution >= 4 is 11.6 Å². The summed E-state index contributed by atoms with van der Waals surface area (Å²) in [7, 11) is 1.93. The molecule has 0 saturated carbocycles. The van der Waals surface area contributed by atoms with Gasteiger partial charge < -0.3 is 5.32 Å². The molecule has 1 unspecified atom stereocenters. The molecule has 0 heterocycles. The van der Waals surface area contributed by atoms with Gasteiger partial charge in [-0.05, 0) is 26.9 Å². The van der Waals surface area contributed by atoms with Crippen molar-refractivity contribution in [2.45, 2.75) is 18.7 Å². The first-order valence-corrected chi connectivity index (χ1v) is 2.99. The van der Waals surface area contributed by atoms with Crippen LogP contribution in [0.2, 0.25) is 0 Å². The summed E-state index contributed by atoms with van der Waals surface area (Å²) in [5.41, 5.74) is 0. The van der Waals surface area contributed by atoms with Crippen LogP contribution in [0.4, 0.5) is 0 Å². The third kappa shape index (κ3) is 6.25. The Morgan fingerprint density at radius 1 is 1.71 bits per heavy atom. The van der Waals surface area contributed by atoms with Gasteiger partial charge in [0.1, 0.15) is 0 Å². The van der Waals surface area contributed by atoms with Crippen LogP contribution in [0.5, 0.6) is 0 Å². The predicted octanol–water partition coefficient (Wildman–Crippen LogP) is 1.22. The Labute approximate surface area is 50.1 Å². The van der Waals surface area contributed by atoms with E-state index in [9.17, 15) is 0 Å². The van der Waals surface area contributed by atoms with E-state index >= 15 is 0 Å². The highest BCUT2D eigenvalue weighted by Crippen LogP contribution is 1.96. The Balaban J connectivity index is 2.68. The molecule has 7 heavy (non-hydrogen) atoms. The number of nitrogens with one attached hydrogen (secondary N) is 1. The van der Waals surface area contributed by atoms with Gasteiger partial charge in [0.15, 0.2) is 0 Å². The van der Waals surface area contributed by atoms with Crippen molar-refractivity contribution in [3.8, 4) is 0 Å². The average molecular weight is 122 g/mol. The Morgan fingerprint density at radius 2 is 2.29 bits per heavy atom. The Morgan fingerprint density at radius 3 is 2.43 bits per heavy atom. The standard InChI is InChI=1S/C5H12ClN/c1-5(6)3-4-7-2/h5,7H,3-4H2,1-2H3. The molecule has 0 bridgehead atoms. The quantitative estimate of drug-likeness (QED) is 0.554. The molecule has 2 heteroatoms. The van der Waals surface area contributed by atoms with Crippen molar-refractivity contribution in [2.24, 2.45) is 0 Å². The zero-order chi connectivity index (χ0) is 5.70. The van der Waals surface area contributed by atoms with Gasteiger partial charge >= 0.3 is 0 Å². The first kappa shape index (κ1) is 7.25. The maximum atomic E-state index is 5.62. The first-order chi connectivity index (χ1) is 3.27. The summed E-state index contributed by atoms with van der Waals surface area (Å²) in [4.78, 5) is 0. The highest BCUT2D eigenvalue weighted by Gasteiger charge is 1.90. The fraction of sp³-hybridized carbons (Fsp3) is 1.00. The molecule has 0 rings (SSSR count). The second kappa shape index (κ2) is 4.41. The van der Waals surface area contributed by atoms with E-state index in [4.69, 9.17) is 11.6 Å². The number of alkyl halides is 1. The third-order valence-corrected chi connectivity index (χ3v) is 1.01. The third-order valence-electron chi connectivity index (χ3n) is 0.792. The zero-order valence-corrected chi connectivity index (χ0v) is 5.63. The lowest BCUT2D eigenvalue weighted by molar-refractivity contribution is 0.716. The smallest absolute Gasteiger partial charge is 0.0319 e. The molecule has 1 nitrogen and oxygen atoms in total. The summed E-state index contributed by atoms with van der Waals surface area (Å²) in [6, 6.07) is 0. The van der Waals surface area contributed by atoms with Crippen LogP contribution in [0.25, 0.3) is 0 Å². The molecule has 0 aliphatic heterocycles. The number of hydrogen-bond acceptors (Lipinski definition) is 1. The monoisotopic (exact) mass is 121 g/mol. The number of rotatable bonds is 3. The first-order valence-electron chi connectivity index (χ1n) is 2.56. The lowest BCUT2D eigenvalue weighted by atomic mass is 10.3. The van der Waals surface area contributed by atoms with Gasteiger partial charge in [-0.1, -0.05) is 0 Å². The van der Waals surface area contributed by atoms with Gasteiger partial charge in [-0.15, -0.1) is 11.6 Å². The molecule has 0 aromatic carbocycles. The van der Waals surface area contributed by atoms with Crippen molar-refractivity contribution in [3.05, 3.63) is 0 Å². The van der Waals surface area contributed by atoms with Crippen molar-refractivity contribution < 1.29 is 0 Å². The minimum atomic E-state index is 0.312. The molecule has 0 saturated heterocycles. The molecule has 0 aromatic heterocycles. The van der Waals surface area contributed by atoms with Crippen molar-refractivity contribution in [1.29, 1.82) is 0 Å². The molecule has 44 valence electrons. The van der Waals surface area contributed by atoms with Crippen LogP contribution >= 0.6 is 11.6 Å². The van der Waals surface area contributed by atoms with Crippen LogP contribution < -0.4 is 5.32 Å². The van der Waals surface area contributed by atoms with Crippen molar-refractivity contribution in [3.63, 3.8) is 0 Å². The average Bonchev–Trinajstić information content (AvgIpc) is 1.61. The van der Waals surface area contributed by atoms with Gasteiger partial charge in [-0.3, -0.25) is 0 Å². The summed E-state index contributed by atoms with van der Waals surface area (Å²) in [6.45, 7) is 3.02. The van der Waals surface area contributed by atoms with Crippen LogP contribution in [0.1, 0.15) is 13.3 Å². The molecule has 0 aliphatic rings. The number of hydrogen-bond donors (Lipinski definition) is 1.